The van der Waals surface area contributed by atoms with E-state index in [0.29, 0.717) is 18.3 Å². The summed E-state index contributed by atoms with van der Waals surface area (Å²) in [4.78, 5) is 22.1. The first kappa shape index (κ1) is 14.3. The van der Waals surface area contributed by atoms with Gasteiger partial charge in [-0.15, -0.1) is 0 Å². The Morgan fingerprint density at radius 1 is 1.36 bits per heavy atom. The molecular weight excluding hydrogens is 282 g/mol. The zero-order chi connectivity index (χ0) is 15.2. The van der Waals surface area contributed by atoms with E-state index < -0.39 is 0 Å². The number of rotatable bonds is 4. The van der Waals surface area contributed by atoms with Crippen molar-refractivity contribution in [1.29, 1.82) is 0 Å². The highest BCUT2D eigenvalue weighted by Crippen LogP contribution is 2.15. The number of hydrogen-bond acceptors (Lipinski definition) is 5. The Labute approximate surface area is 128 Å². The molecule has 1 aliphatic heterocycles. The van der Waals surface area contributed by atoms with Crippen LogP contribution < -0.4 is 4.74 Å². The van der Waals surface area contributed by atoms with E-state index in [1.807, 2.05) is 0 Å². The van der Waals surface area contributed by atoms with Gasteiger partial charge in [-0.05, 0) is 37.1 Å². The van der Waals surface area contributed by atoms with Gasteiger partial charge in [-0.2, -0.15) is 0 Å². The van der Waals surface area contributed by atoms with Gasteiger partial charge < -0.3 is 14.1 Å². The van der Waals surface area contributed by atoms with Crippen LogP contribution in [0.5, 0.6) is 6.01 Å². The number of furan rings is 1. The van der Waals surface area contributed by atoms with Gasteiger partial charge in [-0.3, -0.25) is 4.79 Å². The van der Waals surface area contributed by atoms with Crippen molar-refractivity contribution >= 4 is 12.0 Å². The Bertz CT molecular complexity index is 625. The minimum Gasteiger partial charge on any atom is -0.465 e. The molecule has 1 fully saturated rings. The van der Waals surface area contributed by atoms with Gasteiger partial charge in [0.15, 0.2) is 0 Å². The van der Waals surface area contributed by atoms with Crippen molar-refractivity contribution in [2.45, 2.75) is 18.9 Å². The van der Waals surface area contributed by atoms with Crippen LogP contribution in [-0.2, 0) is 4.79 Å². The molecule has 0 spiro atoms. The van der Waals surface area contributed by atoms with Crippen molar-refractivity contribution in [1.82, 2.24) is 14.9 Å². The van der Waals surface area contributed by atoms with Gasteiger partial charge in [0.25, 0.3) is 0 Å². The highest BCUT2D eigenvalue weighted by atomic mass is 16.5. The first-order valence-corrected chi connectivity index (χ1v) is 7.25. The third kappa shape index (κ3) is 3.72. The van der Waals surface area contributed by atoms with Gasteiger partial charge in [0, 0.05) is 25.0 Å². The van der Waals surface area contributed by atoms with Gasteiger partial charge in [-0.25, -0.2) is 9.97 Å². The molecule has 6 heteroatoms. The zero-order valence-electron chi connectivity index (χ0n) is 12.1. The molecule has 0 saturated carbocycles. The molecule has 114 valence electrons. The Balaban J connectivity index is 1.57. The molecule has 3 rings (SSSR count). The molecular formula is C16H17N3O3. The van der Waals surface area contributed by atoms with Crippen LogP contribution in [0.1, 0.15) is 18.6 Å². The maximum absolute atomic E-state index is 12.2. The maximum Gasteiger partial charge on any atom is 0.316 e. The molecule has 0 aliphatic carbocycles. The molecule has 0 bridgehead atoms. The van der Waals surface area contributed by atoms with E-state index in [4.69, 9.17) is 9.15 Å². The molecule has 0 aromatic carbocycles. The maximum atomic E-state index is 12.2. The average Bonchev–Trinajstić information content (AvgIpc) is 3.07. The van der Waals surface area contributed by atoms with Crippen molar-refractivity contribution in [2.75, 3.05) is 13.1 Å². The van der Waals surface area contributed by atoms with Crippen LogP contribution in [-0.4, -0.2) is 40.0 Å². The largest absolute Gasteiger partial charge is 0.465 e. The SMILES string of the molecule is O=C(/C=C/c1ccco1)N1CCCC(Oc2ncccn2)C1. The second-order valence-electron chi connectivity index (χ2n) is 5.05. The monoisotopic (exact) mass is 299 g/mol. The summed E-state index contributed by atoms with van der Waals surface area (Å²) in [6.45, 7) is 1.27. The molecule has 1 atom stereocenters. The lowest BCUT2D eigenvalue weighted by molar-refractivity contribution is -0.128. The van der Waals surface area contributed by atoms with Crippen LogP contribution >= 0.6 is 0 Å². The number of nitrogens with zero attached hydrogens (tertiary/aromatic N) is 3. The lowest BCUT2D eigenvalue weighted by Crippen LogP contribution is -2.43. The van der Waals surface area contributed by atoms with Crippen molar-refractivity contribution < 1.29 is 13.9 Å². The molecule has 0 N–H and O–H groups in total. The van der Waals surface area contributed by atoms with Crippen LogP contribution in [0.3, 0.4) is 0 Å². The van der Waals surface area contributed by atoms with E-state index in [0.717, 1.165) is 19.4 Å². The molecule has 1 saturated heterocycles. The average molecular weight is 299 g/mol. The minimum absolute atomic E-state index is 0.0429. The van der Waals surface area contributed by atoms with Gasteiger partial charge in [0.1, 0.15) is 11.9 Å². The molecule has 6 nitrogen and oxygen atoms in total. The normalized spacial score (nSPS) is 18.5. The number of amides is 1. The molecule has 2 aromatic heterocycles. The van der Waals surface area contributed by atoms with E-state index in [2.05, 4.69) is 9.97 Å². The van der Waals surface area contributed by atoms with E-state index >= 15 is 0 Å². The fourth-order valence-electron chi connectivity index (χ4n) is 2.37. The Kier molecular flexibility index (Phi) is 4.48. The van der Waals surface area contributed by atoms with Crippen LogP contribution in [0.25, 0.3) is 6.08 Å². The van der Waals surface area contributed by atoms with Gasteiger partial charge in [0.2, 0.25) is 5.91 Å². The number of piperidine rings is 1. The van der Waals surface area contributed by atoms with E-state index in [-0.39, 0.29) is 12.0 Å². The topological polar surface area (TPSA) is 68.5 Å². The second kappa shape index (κ2) is 6.89. The van der Waals surface area contributed by atoms with Gasteiger partial charge in [0.05, 0.1) is 12.8 Å². The summed E-state index contributed by atoms with van der Waals surface area (Å²) < 4.78 is 10.9. The highest BCUT2D eigenvalue weighted by molar-refractivity contribution is 5.91. The quantitative estimate of drug-likeness (QED) is 0.809. The number of hydrogen-bond donors (Lipinski definition) is 0. The third-order valence-corrected chi connectivity index (χ3v) is 3.44. The van der Waals surface area contributed by atoms with E-state index in [9.17, 15) is 4.79 Å². The Morgan fingerprint density at radius 3 is 3.00 bits per heavy atom. The predicted molar refractivity (Wildman–Crippen MR) is 80.0 cm³/mol. The second-order valence-corrected chi connectivity index (χ2v) is 5.05. The number of likely N-dealkylation sites (tertiary alicyclic amines) is 1. The van der Waals surface area contributed by atoms with E-state index in [1.165, 1.54) is 6.08 Å². The van der Waals surface area contributed by atoms with Crippen molar-refractivity contribution in [3.63, 3.8) is 0 Å². The summed E-state index contributed by atoms with van der Waals surface area (Å²) in [6, 6.07) is 5.68. The van der Waals surface area contributed by atoms with Crippen molar-refractivity contribution in [3.8, 4) is 6.01 Å². The lowest BCUT2D eigenvalue weighted by Gasteiger charge is -2.31. The standard InChI is InChI=1S/C16H17N3O3/c20-15(7-6-13-5-2-11-21-13)19-10-1-4-14(12-19)22-16-17-8-3-9-18-16/h2-3,5-9,11,14H,1,4,10,12H2/b7-6+. The smallest absolute Gasteiger partial charge is 0.316 e. The fraction of sp³-hybridized carbons (Fsp3) is 0.312. The van der Waals surface area contributed by atoms with Crippen molar-refractivity contribution in [3.05, 3.63) is 48.7 Å². The third-order valence-electron chi connectivity index (χ3n) is 3.44. The zero-order valence-corrected chi connectivity index (χ0v) is 12.1. The molecule has 1 amide bonds. The molecule has 3 heterocycles. The predicted octanol–water partition coefficient (Wildman–Crippen LogP) is 2.15. The lowest BCUT2D eigenvalue weighted by atomic mass is 10.1. The van der Waals surface area contributed by atoms with Crippen LogP contribution in [0.4, 0.5) is 0 Å². The number of aromatic nitrogens is 2. The first-order valence-electron chi connectivity index (χ1n) is 7.25. The number of carbonyl (C=O) groups is 1. The van der Waals surface area contributed by atoms with Gasteiger partial charge in [-0.1, -0.05) is 0 Å². The first-order chi connectivity index (χ1) is 10.8. The summed E-state index contributed by atoms with van der Waals surface area (Å²) in [7, 11) is 0. The summed E-state index contributed by atoms with van der Waals surface area (Å²) in [5, 5.41) is 0. The Morgan fingerprint density at radius 2 is 2.23 bits per heavy atom. The summed E-state index contributed by atoms with van der Waals surface area (Å²) in [6.07, 6.45) is 9.78. The molecule has 22 heavy (non-hydrogen) atoms. The molecule has 0 radical (unpaired) electrons. The molecule has 2 aromatic rings. The van der Waals surface area contributed by atoms with Gasteiger partial charge >= 0.3 is 6.01 Å². The summed E-state index contributed by atoms with van der Waals surface area (Å²) in [5.41, 5.74) is 0. The van der Waals surface area contributed by atoms with E-state index in [1.54, 1.807) is 47.8 Å². The van der Waals surface area contributed by atoms with Crippen LogP contribution in [0.15, 0.2) is 47.3 Å². The summed E-state index contributed by atoms with van der Waals surface area (Å²) >= 11 is 0. The molecule has 1 unspecified atom stereocenters. The number of carbonyl (C=O) groups excluding carboxylic acids is 1. The summed E-state index contributed by atoms with van der Waals surface area (Å²) in [5.74, 6) is 0.620. The molecule has 1 aliphatic rings. The number of ether oxygens (including phenoxy) is 1. The fourth-order valence-corrected chi connectivity index (χ4v) is 2.37. The van der Waals surface area contributed by atoms with Crippen LogP contribution in [0, 0.1) is 0 Å². The Hall–Kier alpha value is -2.63. The highest BCUT2D eigenvalue weighted by Gasteiger charge is 2.24. The van der Waals surface area contributed by atoms with Crippen LogP contribution in [0.2, 0.25) is 0 Å². The van der Waals surface area contributed by atoms with Crippen molar-refractivity contribution in [2.24, 2.45) is 0 Å². The minimum atomic E-state index is -0.0721.